The van der Waals surface area contributed by atoms with Crippen LogP contribution in [0.25, 0.3) is 66.8 Å². The number of rotatable bonds is 6. The van der Waals surface area contributed by atoms with Crippen LogP contribution in [-0.4, -0.2) is 9.97 Å². The van der Waals surface area contributed by atoms with E-state index in [9.17, 15) is 0 Å². The van der Waals surface area contributed by atoms with Gasteiger partial charge in [-0.2, -0.15) is 0 Å². The Hall–Kier alpha value is -6.58. The van der Waals surface area contributed by atoms with E-state index in [-0.39, 0.29) is 5.41 Å². The zero-order valence-electron chi connectivity index (χ0n) is 30.0. The molecule has 0 bridgehead atoms. The highest BCUT2D eigenvalue weighted by Crippen LogP contribution is 2.53. The van der Waals surface area contributed by atoms with Crippen LogP contribution >= 0.6 is 0 Å². The third-order valence-corrected chi connectivity index (χ3v) is 10.7. The normalized spacial score (nSPS) is 12.7. The number of ether oxygens (including phenoxy) is 1. The van der Waals surface area contributed by atoms with E-state index in [0.29, 0.717) is 5.88 Å². The molecule has 0 saturated heterocycles. The number of hydrogen-bond acceptors (Lipinski definition) is 3. The van der Waals surface area contributed by atoms with Crippen LogP contribution in [0, 0.1) is 6.92 Å². The molecule has 1 aromatic heterocycles. The number of aromatic nitrogens is 2. The van der Waals surface area contributed by atoms with E-state index < -0.39 is 0 Å². The minimum Gasteiger partial charge on any atom is -0.438 e. The highest BCUT2D eigenvalue weighted by atomic mass is 16.5. The van der Waals surface area contributed by atoms with Gasteiger partial charge in [0.05, 0.1) is 0 Å². The minimum absolute atomic E-state index is 0.312. The molecule has 8 aromatic rings. The molecular formula is C50H38N2O. The maximum atomic E-state index is 6.63. The van der Waals surface area contributed by atoms with Crippen molar-refractivity contribution >= 4 is 0 Å². The molecule has 1 aliphatic heterocycles. The van der Waals surface area contributed by atoms with Crippen molar-refractivity contribution in [1.29, 1.82) is 0 Å². The van der Waals surface area contributed by atoms with Crippen molar-refractivity contribution in [2.24, 2.45) is 0 Å². The first-order valence-electron chi connectivity index (χ1n) is 18.1. The molecule has 0 unspecified atom stereocenters. The first kappa shape index (κ1) is 32.3. The van der Waals surface area contributed by atoms with Crippen LogP contribution in [0.5, 0.6) is 11.6 Å². The third kappa shape index (κ3) is 5.62. The second kappa shape index (κ2) is 13.2. The molecular weight excluding hydrogens is 645 g/mol. The lowest BCUT2D eigenvalue weighted by molar-refractivity contribution is 0.400. The van der Waals surface area contributed by atoms with Crippen molar-refractivity contribution in [3.8, 4) is 78.4 Å². The van der Waals surface area contributed by atoms with Gasteiger partial charge in [0.2, 0.25) is 5.88 Å². The lowest BCUT2D eigenvalue weighted by Crippen LogP contribution is -2.25. The molecule has 2 heterocycles. The first-order valence-corrected chi connectivity index (χ1v) is 18.1. The Balaban J connectivity index is 1.32. The first-order chi connectivity index (χ1) is 26.0. The maximum absolute atomic E-state index is 6.63. The summed E-state index contributed by atoms with van der Waals surface area (Å²) < 4.78 is 6.63. The topological polar surface area (TPSA) is 35.0 Å². The van der Waals surface area contributed by atoms with Crippen LogP contribution in [0.2, 0.25) is 0 Å². The molecule has 0 amide bonds. The summed E-state index contributed by atoms with van der Waals surface area (Å²) >= 11 is 0. The van der Waals surface area contributed by atoms with Crippen LogP contribution in [-0.2, 0) is 5.41 Å². The highest BCUT2D eigenvalue weighted by Gasteiger charge is 2.37. The lowest BCUT2D eigenvalue weighted by atomic mass is 9.75. The van der Waals surface area contributed by atoms with Gasteiger partial charge >= 0.3 is 0 Å². The Bertz CT molecular complexity index is 2480. The van der Waals surface area contributed by atoms with Crippen molar-refractivity contribution in [3.05, 3.63) is 193 Å². The monoisotopic (exact) mass is 682 g/mol. The van der Waals surface area contributed by atoms with Gasteiger partial charge in [0, 0.05) is 28.3 Å². The SMILES string of the molecule is Cc1ccc2c(c1-c1ccc(-c3c(-c4ccccc4)c(-c4ccccc4)cc(-c4ccccc4)c3-c3ccccc3)cc1)Oc1ncncc1C2(C)C. The molecule has 9 rings (SSSR count). The molecule has 0 fully saturated rings. The molecule has 7 aromatic carbocycles. The van der Waals surface area contributed by atoms with Crippen molar-refractivity contribution in [3.63, 3.8) is 0 Å². The molecule has 254 valence electrons. The van der Waals surface area contributed by atoms with Gasteiger partial charge in [-0.15, -0.1) is 0 Å². The quantitative estimate of drug-likeness (QED) is 0.175. The van der Waals surface area contributed by atoms with Gasteiger partial charge in [-0.3, -0.25) is 0 Å². The van der Waals surface area contributed by atoms with Crippen LogP contribution < -0.4 is 4.74 Å². The standard InChI is InChI=1S/C50H38N2O/c1-33-24-29-42-48(53-49-43(50(42,2)3)31-51-32-52-49)44(33)38-25-27-39(28-26-38)47-45(36-20-12-6-13-21-36)40(34-16-8-4-9-17-34)30-41(35-18-10-5-11-19-35)46(47)37-22-14-7-15-23-37/h4-32H,1-3H3. The summed E-state index contributed by atoms with van der Waals surface area (Å²) in [6.07, 6.45) is 3.44. The second-order valence-corrected chi connectivity index (χ2v) is 14.2. The molecule has 3 nitrogen and oxygen atoms in total. The fourth-order valence-corrected chi connectivity index (χ4v) is 7.98. The molecule has 1 aliphatic rings. The molecule has 0 N–H and O–H groups in total. The summed E-state index contributed by atoms with van der Waals surface area (Å²) in [5, 5.41) is 0. The fraction of sp³-hybridized carbons (Fsp3) is 0.0800. The van der Waals surface area contributed by atoms with Gasteiger partial charge in [-0.05, 0) is 79.8 Å². The van der Waals surface area contributed by atoms with Crippen LogP contribution in [0.15, 0.2) is 176 Å². The van der Waals surface area contributed by atoms with Crippen molar-refractivity contribution in [2.75, 3.05) is 0 Å². The zero-order valence-corrected chi connectivity index (χ0v) is 30.0. The average molecular weight is 683 g/mol. The molecule has 0 spiro atoms. The predicted molar refractivity (Wildman–Crippen MR) is 218 cm³/mol. The summed E-state index contributed by atoms with van der Waals surface area (Å²) in [5.74, 6) is 1.48. The van der Waals surface area contributed by atoms with Gasteiger partial charge < -0.3 is 4.74 Å². The molecule has 0 saturated carbocycles. The van der Waals surface area contributed by atoms with E-state index in [1.807, 2.05) is 6.20 Å². The lowest BCUT2D eigenvalue weighted by Gasteiger charge is -2.34. The number of benzene rings is 7. The van der Waals surface area contributed by atoms with E-state index in [2.05, 4.69) is 195 Å². The predicted octanol–water partition coefficient (Wildman–Crippen LogP) is 13.2. The molecule has 0 atom stereocenters. The van der Waals surface area contributed by atoms with E-state index in [0.717, 1.165) is 39.1 Å². The van der Waals surface area contributed by atoms with Crippen molar-refractivity contribution in [1.82, 2.24) is 9.97 Å². The summed E-state index contributed by atoms with van der Waals surface area (Å²) in [6, 6.07) is 59.1. The van der Waals surface area contributed by atoms with Gasteiger partial charge in [-0.1, -0.05) is 172 Å². The highest BCUT2D eigenvalue weighted by molar-refractivity contribution is 6.07. The number of nitrogens with zero attached hydrogens (tertiary/aromatic N) is 2. The number of fused-ring (bicyclic) bond motifs is 2. The summed E-state index contributed by atoms with van der Waals surface area (Å²) in [5.41, 5.74) is 17.0. The summed E-state index contributed by atoms with van der Waals surface area (Å²) in [6.45, 7) is 6.60. The van der Waals surface area contributed by atoms with Crippen LogP contribution in [0.3, 0.4) is 0 Å². The third-order valence-electron chi connectivity index (χ3n) is 10.7. The average Bonchev–Trinajstić information content (AvgIpc) is 3.21. The van der Waals surface area contributed by atoms with E-state index in [4.69, 9.17) is 4.74 Å². The van der Waals surface area contributed by atoms with Gasteiger partial charge in [0.15, 0.2) is 0 Å². The maximum Gasteiger partial charge on any atom is 0.226 e. The Kier molecular flexibility index (Phi) is 8.05. The number of aryl methyl sites for hydroxylation is 1. The Morgan fingerprint density at radius 1 is 0.453 bits per heavy atom. The Morgan fingerprint density at radius 2 is 0.906 bits per heavy atom. The van der Waals surface area contributed by atoms with E-state index >= 15 is 0 Å². The number of hydrogen-bond donors (Lipinski definition) is 0. The zero-order chi connectivity index (χ0) is 35.9. The smallest absolute Gasteiger partial charge is 0.226 e. The van der Waals surface area contributed by atoms with Crippen molar-refractivity contribution < 1.29 is 4.74 Å². The summed E-state index contributed by atoms with van der Waals surface area (Å²) in [4.78, 5) is 8.86. The fourth-order valence-electron chi connectivity index (χ4n) is 7.98. The molecule has 3 heteroatoms. The largest absolute Gasteiger partial charge is 0.438 e. The van der Waals surface area contributed by atoms with E-state index in [1.54, 1.807) is 6.33 Å². The van der Waals surface area contributed by atoms with Gasteiger partial charge in [0.25, 0.3) is 0 Å². The summed E-state index contributed by atoms with van der Waals surface area (Å²) in [7, 11) is 0. The van der Waals surface area contributed by atoms with Crippen LogP contribution in [0.4, 0.5) is 0 Å². The Labute approximate surface area is 311 Å². The van der Waals surface area contributed by atoms with Gasteiger partial charge in [0.1, 0.15) is 12.1 Å². The van der Waals surface area contributed by atoms with Crippen LogP contribution in [0.1, 0.15) is 30.5 Å². The Morgan fingerprint density at radius 3 is 1.42 bits per heavy atom. The molecule has 0 aliphatic carbocycles. The van der Waals surface area contributed by atoms with Gasteiger partial charge in [-0.25, -0.2) is 9.97 Å². The van der Waals surface area contributed by atoms with E-state index in [1.165, 1.54) is 50.1 Å². The van der Waals surface area contributed by atoms with Crippen molar-refractivity contribution in [2.45, 2.75) is 26.2 Å². The minimum atomic E-state index is -0.312. The molecule has 53 heavy (non-hydrogen) atoms. The molecule has 0 radical (unpaired) electrons. The second-order valence-electron chi connectivity index (χ2n) is 14.2.